The molecule has 1 heterocycles. The quantitative estimate of drug-likeness (QED) is 0.583. The first kappa shape index (κ1) is 19.4. The number of ether oxygens (including phenoxy) is 2. The highest BCUT2D eigenvalue weighted by Crippen LogP contribution is 2.31. The molecule has 4 rings (SSSR count). The highest BCUT2D eigenvalue weighted by atomic mass is 19.1. The Morgan fingerprint density at radius 1 is 0.900 bits per heavy atom. The van der Waals surface area contributed by atoms with Crippen molar-refractivity contribution in [1.29, 1.82) is 0 Å². The molecule has 3 aromatic rings. The van der Waals surface area contributed by atoms with Gasteiger partial charge in [0.1, 0.15) is 17.3 Å². The molecule has 0 aliphatic carbocycles. The van der Waals surface area contributed by atoms with Crippen LogP contribution in [0.25, 0.3) is 6.08 Å². The summed E-state index contributed by atoms with van der Waals surface area (Å²) >= 11 is 0. The van der Waals surface area contributed by atoms with E-state index >= 15 is 0 Å². The first-order valence-electron chi connectivity index (χ1n) is 9.28. The maximum Gasteiger partial charge on any atom is 0.282 e. The van der Waals surface area contributed by atoms with E-state index in [4.69, 9.17) is 9.47 Å². The number of halogens is 1. The Morgan fingerprint density at radius 2 is 1.60 bits per heavy atom. The van der Waals surface area contributed by atoms with Gasteiger partial charge in [-0.1, -0.05) is 24.3 Å². The third-order valence-electron chi connectivity index (χ3n) is 4.69. The number of rotatable bonds is 5. The van der Waals surface area contributed by atoms with Gasteiger partial charge in [-0.3, -0.25) is 9.69 Å². The zero-order chi connectivity index (χ0) is 21.1. The summed E-state index contributed by atoms with van der Waals surface area (Å²) < 4.78 is 24.0. The van der Waals surface area contributed by atoms with Crippen molar-refractivity contribution in [1.82, 2.24) is 0 Å². The lowest BCUT2D eigenvalue weighted by atomic mass is 10.1. The normalized spacial score (nSPS) is 14.8. The summed E-state index contributed by atoms with van der Waals surface area (Å²) in [6.45, 7) is 0. The second-order valence-corrected chi connectivity index (χ2v) is 6.56. The number of benzene rings is 3. The molecule has 1 aliphatic rings. The molecule has 30 heavy (non-hydrogen) atoms. The predicted molar refractivity (Wildman–Crippen MR) is 114 cm³/mol. The Balaban J connectivity index is 1.80. The number of hydrogen-bond acceptors (Lipinski definition) is 4. The van der Waals surface area contributed by atoms with Crippen LogP contribution in [0.1, 0.15) is 11.1 Å². The molecule has 0 saturated heterocycles. The Labute approximate surface area is 173 Å². The molecule has 3 aromatic carbocycles. The first-order valence-corrected chi connectivity index (χ1v) is 9.28. The van der Waals surface area contributed by atoms with Crippen molar-refractivity contribution in [3.8, 4) is 11.5 Å². The van der Waals surface area contributed by atoms with Crippen molar-refractivity contribution < 1.29 is 18.7 Å². The highest BCUT2D eigenvalue weighted by molar-refractivity contribution is 6.33. The van der Waals surface area contributed by atoms with E-state index in [-0.39, 0.29) is 17.4 Å². The summed E-state index contributed by atoms with van der Waals surface area (Å²) in [6.07, 6.45) is 1.69. The second kappa shape index (κ2) is 8.21. The van der Waals surface area contributed by atoms with Crippen LogP contribution in [0.3, 0.4) is 0 Å². The van der Waals surface area contributed by atoms with Gasteiger partial charge in [-0.2, -0.15) is 0 Å². The van der Waals surface area contributed by atoms with E-state index in [1.54, 1.807) is 44.6 Å². The van der Waals surface area contributed by atoms with Crippen LogP contribution in [0.2, 0.25) is 0 Å². The highest BCUT2D eigenvalue weighted by Gasteiger charge is 2.32. The number of carbonyl (C=O) groups is 1. The van der Waals surface area contributed by atoms with Gasteiger partial charge in [-0.05, 0) is 60.2 Å². The summed E-state index contributed by atoms with van der Waals surface area (Å²) in [6, 6.07) is 20.5. The van der Waals surface area contributed by atoms with Gasteiger partial charge in [0.2, 0.25) is 0 Å². The second-order valence-electron chi connectivity index (χ2n) is 6.56. The summed E-state index contributed by atoms with van der Waals surface area (Å²) in [5.74, 6) is 0.975. The van der Waals surface area contributed by atoms with Crippen LogP contribution >= 0.6 is 0 Å². The molecule has 150 valence electrons. The zero-order valence-electron chi connectivity index (χ0n) is 16.5. The standard InChI is InChI=1S/C24H19FN2O3/c1-29-21-13-8-16(15-22(21)30-2)14-20-24(28)27(19-6-4-3-5-7-19)23(26-20)17-9-11-18(25)12-10-17/h3-15H,1-2H3/b20-14+. The van der Waals surface area contributed by atoms with Crippen molar-refractivity contribution in [2.24, 2.45) is 4.99 Å². The number of hydrogen-bond donors (Lipinski definition) is 0. The average Bonchev–Trinajstić information content (AvgIpc) is 3.10. The minimum Gasteiger partial charge on any atom is -0.493 e. The zero-order valence-corrected chi connectivity index (χ0v) is 16.5. The van der Waals surface area contributed by atoms with E-state index in [2.05, 4.69) is 4.99 Å². The van der Waals surface area contributed by atoms with Crippen LogP contribution in [0.4, 0.5) is 10.1 Å². The summed E-state index contributed by atoms with van der Waals surface area (Å²) in [5.41, 5.74) is 2.34. The van der Waals surface area contributed by atoms with Gasteiger partial charge >= 0.3 is 0 Å². The van der Waals surface area contributed by atoms with Crippen LogP contribution in [-0.2, 0) is 4.79 Å². The molecule has 0 radical (unpaired) electrons. The van der Waals surface area contributed by atoms with E-state index in [0.717, 1.165) is 5.56 Å². The Morgan fingerprint density at radius 3 is 2.27 bits per heavy atom. The van der Waals surface area contributed by atoms with Crippen molar-refractivity contribution in [3.05, 3.63) is 95.4 Å². The maximum atomic E-state index is 13.4. The van der Waals surface area contributed by atoms with E-state index in [9.17, 15) is 9.18 Å². The number of para-hydroxylation sites is 1. The molecule has 0 aromatic heterocycles. The minimum atomic E-state index is -0.351. The molecule has 0 fully saturated rings. The summed E-state index contributed by atoms with van der Waals surface area (Å²) in [5, 5.41) is 0. The molecule has 6 heteroatoms. The lowest BCUT2D eigenvalue weighted by Crippen LogP contribution is -2.32. The van der Waals surface area contributed by atoms with Crippen molar-refractivity contribution >= 4 is 23.5 Å². The number of methoxy groups -OCH3 is 2. The molecule has 0 saturated carbocycles. The van der Waals surface area contributed by atoms with Crippen molar-refractivity contribution in [2.45, 2.75) is 0 Å². The lowest BCUT2D eigenvalue weighted by Gasteiger charge is -2.18. The molecule has 0 bridgehead atoms. The van der Waals surface area contributed by atoms with Crippen LogP contribution in [0.15, 0.2) is 83.5 Å². The van der Waals surface area contributed by atoms with Gasteiger partial charge in [-0.25, -0.2) is 9.38 Å². The van der Waals surface area contributed by atoms with Gasteiger partial charge in [0.15, 0.2) is 11.5 Å². The average molecular weight is 402 g/mol. The number of amidine groups is 1. The molecule has 0 atom stereocenters. The van der Waals surface area contributed by atoms with Gasteiger partial charge in [0.05, 0.1) is 19.9 Å². The van der Waals surface area contributed by atoms with Crippen LogP contribution in [-0.4, -0.2) is 26.0 Å². The third-order valence-corrected chi connectivity index (χ3v) is 4.69. The molecule has 0 spiro atoms. The molecular formula is C24H19FN2O3. The molecule has 5 nitrogen and oxygen atoms in total. The monoisotopic (exact) mass is 402 g/mol. The number of nitrogens with zero attached hydrogens (tertiary/aromatic N) is 2. The van der Waals surface area contributed by atoms with Gasteiger partial charge in [-0.15, -0.1) is 0 Å². The van der Waals surface area contributed by atoms with Crippen LogP contribution in [0, 0.1) is 5.82 Å². The smallest absolute Gasteiger partial charge is 0.282 e. The Hall–Kier alpha value is -3.93. The van der Waals surface area contributed by atoms with Crippen molar-refractivity contribution in [3.63, 3.8) is 0 Å². The fraction of sp³-hybridized carbons (Fsp3) is 0.0833. The minimum absolute atomic E-state index is 0.268. The summed E-state index contributed by atoms with van der Waals surface area (Å²) in [7, 11) is 3.12. The summed E-state index contributed by atoms with van der Waals surface area (Å²) in [4.78, 5) is 19.4. The van der Waals surface area contributed by atoms with Gasteiger partial charge in [0.25, 0.3) is 5.91 Å². The lowest BCUT2D eigenvalue weighted by molar-refractivity contribution is -0.113. The predicted octanol–water partition coefficient (Wildman–Crippen LogP) is 4.68. The van der Waals surface area contributed by atoms with Gasteiger partial charge in [0, 0.05) is 5.56 Å². The molecule has 0 N–H and O–H groups in total. The first-order chi connectivity index (χ1) is 14.6. The Kier molecular flexibility index (Phi) is 5.30. The number of carbonyl (C=O) groups excluding carboxylic acids is 1. The topological polar surface area (TPSA) is 51.1 Å². The number of amides is 1. The molecule has 1 amide bonds. The molecule has 1 aliphatic heterocycles. The fourth-order valence-electron chi connectivity index (χ4n) is 3.23. The van der Waals surface area contributed by atoms with Crippen LogP contribution in [0.5, 0.6) is 11.5 Å². The van der Waals surface area contributed by atoms with Crippen LogP contribution < -0.4 is 14.4 Å². The fourth-order valence-corrected chi connectivity index (χ4v) is 3.23. The van der Waals surface area contributed by atoms with E-state index < -0.39 is 0 Å². The molecular weight excluding hydrogens is 383 g/mol. The Bertz CT molecular complexity index is 1140. The van der Waals surface area contributed by atoms with E-state index in [1.807, 2.05) is 36.4 Å². The van der Waals surface area contributed by atoms with E-state index in [0.29, 0.717) is 28.6 Å². The van der Waals surface area contributed by atoms with Crippen molar-refractivity contribution in [2.75, 3.05) is 19.1 Å². The van der Waals surface area contributed by atoms with Gasteiger partial charge < -0.3 is 9.47 Å². The maximum absolute atomic E-state index is 13.4. The number of anilines is 1. The number of aliphatic imine (C=N–C) groups is 1. The SMILES string of the molecule is COc1ccc(/C=C2/N=C(c3ccc(F)cc3)N(c3ccccc3)C2=O)cc1OC. The molecule has 0 unspecified atom stereocenters. The largest absolute Gasteiger partial charge is 0.493 e. The third kappa shape index (κ3) is 3.67. The van der Waals surface area contributed by atoms with E-state index in [1.165, 1.54) is 17.0 Å².